The average Bonchev–Trinajstić information content (AvgIpc) is 2.92. The molecule has 0 saturated heterocycles. The van der Waals surface area contributed by atoms with Crippen LogP contribution in [0.25, 0.3) is 0 Å². The Hall–Kier alpha value is -2.41. The molecule has 2 aromatic rings. The first-order chi connectivity index (χ1) is 11.4. The molecule has 0 saturated carbocycles. The highest BCUT2D eigenvalue weighted by atomic mass is 16.4. The van der Waals surface area contributed by atoms with Crippen molar-refractivity contribution in [3.63, 3.8) is 0 Å². The monoisotopic (exact) mass is 331 g/mol. The Morgan fingerprint density at radius 2 is 2.00 bits per heavy atom. The van der Waals surface area contributed by atoms with Crippen LogP contribution in [0.2, 0.25) is 0 Å². The number of urea groups is 1. The number of nitrogens with one attached hydrogen (secondary N) is 1. The summed E-state index contributed by atoms with van der Waals surface area (Å²) in [6.07, 6.45) is 0. The summed E-state index contributed by atoms with van der Waals surface area (Å²) in [5.41, 5.74) is 2.38. The van der Waals surface area contributed by atoms with Gasteiger partial charge in [-0.05, 0) is 26.6 Å². The third-order valence-corrected chi connectivity index (χ3v) is 3.78. The van der Waals surface area contributed by atoms with E-state index in [9.17, 15) is 4.79 Å². The first-order valence-corrected chi connectivity index (χ1v) is 7.87. The molecule has 0 fully saturated rings. The van der Waals surface area contributed by atoms with Crippen LogP contribution in [0.3, 0.4) is 0 Å². The van der Waals surface area contributed by atoms with E-state index in [0.717, 1.165) is 0 Å². The zero-order chi connectivity index (χ0) is 17.7. The van der Waals surface area contributed by atoms with Crippen LogP contribution in [-0.4, -0.2) is 53.7 Å². The summed E-state index contributed by atoms with van der Waals surface area (Å²) in [7, 11) is 5.71. The van der Waals surface area contributed by atoms with E-state index in [2.05, 4.69) is 45.5 Å². The first kappa shape index (κ1) is 17.9. The number of nitrogens with zero attached hydrogens (tertiary/aromatic N) is 4. The molecular formula is C17H25N5O2. The van der Waals surface area contributed by atoms with Crippen LogP contribution < -0.4 is 5.32 Å². The highest BCUT2D eigenvalue weighted by Crippen LogP contribution is 2.18. The van der Waals surface area contributed by atoms with Gasteiger partial charge in [-0.1, -0.05) is 29.8 Å². The summed E-state index contributed by atoms with van der Waals surface area (Å²) in [5, 5.41) is 10.6. The molecule has 24 heavy (non-hydrogen) atoms. The first-order valence-electron chi connectivity index (χ1n) is 7.87. The Morgan fingerprint density at radius 1 is 1.25 bits per heavy atom. The van der Waals surface area contributed by atoms with Crippen LogP contribution in [0.4, 0.5) is 4.79 Å². The number of likely N-dealkylation sites (N-methyl/N-ethyl adjacent to an activating group) is 1. The highest BCUT2D eigenvalue weighted by molar-refractivity contribution is 5.73. The SMILES string of the molecule is Cc1cccc([C@@H](CNC(=O)N(C)Cc2nnc(C)o2)N(C)C)c1. The molecule has 0 radical (unpaired) electrons. The smallest absolute Gasteiger partial charge is 0.317 e. The van der Waals surface area contributed by atoms with Crippen LogP contribution in [0.5, 0.6) is 0 Å². The largest absolute Gasteiger partial charge is 0.424 e. The van der Waals surface area contributed by atoms with Gasteiger partial charge in [0.05, 0.1) is 6.04 Å². The van der Waals surface area contributed by atoms with E-state index in [1.165, 1.54) is 16.0 Å². The van der Waals surface area contributed by atoms with Crippen molar-refractivity contribution < 1.29 is 9.21 Å². The van der Waals surface area contributed by atoms with E-state index in [0.29, 0.717) is 18.3 Å². The van der Waals surface area contributed by atoms with E-state index >= 15 is 0 Å². The van der Waals surface area contributed by atoms with Gasteiger partial charge in [0.25, 0.3) is 0 Å². The number of hydrogen-bond donors (Lipinski definition) is 1. The van der Waals surface area contributed by atoms with Gasteiger partial charge < -0.3 is 19.5 Å². The lowest BCUT2D eigenvalue weighted by atomic mass is 10.0. The van der Waals surface area contributed by atoms with Gasteiger partial charge in [0, 0.05) is 20.5 Å². The van der Waals surface area contributed by atoms with Crippen molar-refractivity contribution in [3.05, 3.63) is 47.2 Å². The zero-order valence-electron chi connectivity index (χ0n) is 14.9. The molecule has 7 heteroatoms. The third kappa shape index (κ3) is 4.79. The minimum atomic E-state index is -0.176. The molecule has 0 spiro atoms. The Balaban J connectivity index is 1.94. The molecule has 1 aromatic heterocycles. The molecule has 1 heterocycles. The number of carbonyl (C=O) groups is 1. The summed E-state index contributed by atoms with van der Waals surface area (Å²) in [4.78, 5) is 15.9. The van der Waals surface area contributed by atoms with Crippen molar-refractivity contribution in [2.24, 2.45) is 0 Å². The van der Waals surface area contributed by atoms with Gasteiger partial charge >= 0.3 is 6.03 Å². The fourth-order valence-electron chi connectivity index (χ4n) is 2.47. The van der Waals surface area contributed by atoms with Crippen molar-refractivity contribution in [3.8, 4) is 0 Å². The van der Waals surface area contributed by atoms with Gasteiger partial charge in [-0.25, -0.2) is 4.79 Å². The molecule has 0 aliphatic carbocycles. The normalized spacial score (nSPS) is 12.2. The fourth-order valence-corrected chi connectivity index (χ4v) is 2.47. The number of amides is 2. The predicted molar refractivity (Wildman–Crippen MR) is 91.5 cm³/mol. The van der Waals surface area contributed by atoms with Crippen LogP contribution in [-0.2, 0) is 6.54 Å². The predicted octanol–water partition coefficient (Wildman–Crippen LogP) is 2.13. The molecular weight excluding hydrogens is 306 g/mol. The Kier molecular flexibility index (Phi) is 5.92. The second-order valence-electron chi connectivity index (χ2n) is 6.15. The Labute approximate surface area is 142 Å². The van der Waals surface area contributed by atoms with E-state index in [-0.39, 0.29) is 18.6 Å². The lowest BCUT2D eigenvalue weighted by Crippen LogP contribution is -2.41. The molecule has 7 nitrogen and oxygen atoms in total. The van der Waals surface area contributed by atoms with E-state index < -0.39 is 0 Å². The van der Waals surface area contributed by atoms with Gasteiger partial charge in [0.1, 0.15) is 6.54 Å². The van der Waals surface area contributed by atoms with Crippen LogP contribution in [0.1, 0.15) is 29.0 Å². The van der Waals surface area contributed by atoms with Gasteiger partial charge in [0.2, 0.25) is 11.8 Å². The zero-order valence-corrected chi connectivity index (χ0v) is 14.9. The highest BCUT2D eigenvalue weighted by Gasteiger charge is 2.18. The number of hydrogen-bond acceptors (Lipinski definition) is 5. The third-order valence-electron chi connectivity index (χ3n) is 3.78. The van der Waals surface area contributed by atoms with Crippen molar-refractivity contribution in [1.29, 1.82) is 0 Å². The minimum absolute atomic E-state index is 0.105. The second-order valence-corrected chi connectivity index (χ2v) is 6.15. The number of aromatic nitrogens is 2. The van der Waals surface area contributed by atoms with Crippen LogP contribution >= 0.6 is 0 Å². The standard InChI is InChI=1S/C17H25N5O2/c1-12-7-6-8-14(9-12)15(21(3)4)10-18-17(23)22(5)11-16-20-19-13(2)24-16/h6-9,15H,10-11H2,1-5H3,(H,18,23)/t15-/m1/s1. The topological polar surface area (TPSA) is 74.5 Å². The minimum Gasteiger partial charge on any atom is -0.424 e. The van der Waals surface area contributed by atoms with Crippen molar-refractivity contribution in [1.82, 2.24) is 25.3 Å². The lowest BCUT2D eigenvalue weighted by Gasteiger charge is -2.26. The van der Waals surface area contributed by atoms with Crippen molar-refractivity contribution >= 4 is 6.03 Å². The molecule has 1 atom stereocenters. The molecule has 0 aliphatic rings. The van der Waals surface area contributed by atoms with E-state index in [4.69, 9.17) is 4.42 Å². The van der Waals surface area contributed by atoms with E-state index in [1.807, 2.05) is 20.2 Å². The molecule has 0 aliphatic heterocycles. The van der Waals surface area contributed by atoms with Gasteiger partial charge in [-0.3, -0.25) is 0 Å². The summed E-state index contributed by atoms with van der Waals surface area (Å²) in [6, 6.07) is 8.25. The molecule has 2 amide bonds. The Morgan fingerprint density at radius 3 is 2.58 bits per heavy atom. The fraction of sp³-hybridized carbons (Fsp3) is 0.471. The Bertz CT molecular complexity index is 683. The number of carbonyl (C=O) groups excluding carboxylic acids is 1. The summed E-state index contributed by atoms with van der Waals surface area (Å²) in [6.45, 7) is 4.58. The quantitative estimate of drug-likeness (QED) is 0.878. The summed E-state index contributed by atoms with van der Waals surface area (Å²) in [5.74, 6) is 0.916. The molecule has 1 N–H and O–H groups in total. The van der Waals surface area contributed by atoms with Gasteiger partial charge in [-0.2, -0.15) is 0 Å². The molecule has 0 unspecified atom stereocenters. The summed E-state index contributed by atoms with van der Waals surface area (Å²) >= 11 is 0. The van der Waals surface area contributed by atoms with Crippen LogP contribution in [0, 0.1) is 13.8 Å². The molecule has 0 bridgehead atoms. The van der Waals surface area contributed by atoms with Crippen LogP contribution in [0.15, 0.2) is 28.7 Å². The van der Waals surface area contributed by atoms with Gasteiger partial charge in [0.15, 0.2) is 0 Å². The number of rotatable bonds is 6. The maximum absolute atomic E-state index is 12.3. The lowest BCUT2D eigenvalue weighted by molar-refractivity contribution is 0.196. The van der Waals surface area contributed by atoms with Gasteiger partial charge in [-0.15, -0.1) is 10.2 Å². The maximum Gasteiger partial charge on any atom is 0.317 e. The molecule has 130 valence electrons. The average molecular weight is 331 g/mol. The molecule has 2 rings (SSSR count). The van der Waals surface area contributed by atoms with E-state index in [1.54, 1.807) is 14.0 Å². The van der Waals surface area contributed by atoms with Crippen molar-refractivity contribution in [2.75, 3.05) is 27.7 Å². The van der Waals surface area contributed by atoms with Crippen molar-refractivity contribution in [2.45, 2.75) is 26.4 Å². The summed E-state index contributed by atoms with van der Waals surface area (Å²) < 4.78 is 5.30. The maximum atomic E-state index is 12.3. The molecule has 1 aromatic carbocycles. The number of benzene rings is 1. The number of aryl methyl sites for hydroxylation is 2. The second kappa shape index (κ2) is 7.92.